The zero-order valence-electron chi connectivity index (χ0n) is 15.6. The highest BCUT2D eigenvalue weighted by molar-refractivity contribution is 6.02. The number of carbonyl (C=O) groups excluding carboxylic acids is 1. The van der Waals surface area contributed by atoms with Gasteiger partial charge in [-0.2, -0.15) is 0 Å². The van der Waals surface area contributed by atoms with E-state index in [-0.39, 0.29) is 16.9 Å². The van der Waals surface area contributed by atoms with Crippen LogP contribution in [-0.2, 0) is 9.53 Å². The van der Waals surface area contributed by atoms with Crippen molar-refractivity contribution in [1.29, 1.82) is 0 Å². The van der Waals surface area contributed by atoms with E-state index in [1.165, 1.54) is 31.4 Å². The van der Waals surface area contributed by atoms with Crippen LogP contribution in [0.15, 0.2) is 53.5 Å². The van der Waals surface area contributed by atoms with Crippen molar-refractivity contribution in [3.63, 3.8) is 0 Å². The summed E-state index contributed by atoms with van der Waals surface area (Å²) in [5.41, 5.74) is 0.616. The Bertz CT molecular complexity index is 1010. The lowest BCUT2D eigenvalue weighted by Gasteiger charge is -2.34. The van der Waals surface area contributed by atoms with Gasteiger partial charge in [-0.05, 0) is 13.0 Å². The van der Waals surface area contributed by atoms with E-state index >= 15 is 0 Å². The van der Waals surface area contributed by atoms with E-state index in [4.69, 9.17) is 4.74 Å². The maximum absolute atomic E-state index is 12.4. The number of hydrogen-bond acceptors (Lipinski definition) is 8. The van der Waals surface area contributed by atoms with Gasteiger partial charge in [-0.15, -0.1) is 0 Å². The molecule has 0 aliphatic carbocycles. The first kappa shape index (κ1) is 20.1. The smallest absolute Gasteiger partial charge is 0.316 e. The van der Waals surface area contributed by atoms with Crippen LogP contribution in [0.3, 0.4) is 0 Å². The van der Waals surface area contributed by atoms with Gasteiger partial charge in [0, 0.05) is 23.4 Å². The van der Waals surface area contributed by atoms with E-state index in [1.54, 1.807) is 31.2 Å². The standard InChI is InChI=1S/C19H18N4O6/c1-11-16(19(24)29-2)17(12-7-3-5-9-14(12)22(25)26)21-18(20-11)13-8-4-6-10-15(13)23(27)28/h3-10,16-18,21H,1-2H3/t16?,17-,18-/m0/s1. The van der Waals surface area contributed by atoms with Crippen molar-refractivity contribution in [2.45, 2.75) is 19.1 Å². The number of ether oxygens (including phenoxy) is 1. The maximum atomic E-state index is 12.4. The molecule has 1 aliphatic rings. The lowest BCUT2D eigenvalue weighted by atomic mass is 9.86. The SMILES string of the molecule is COC(=O)C1C(C)=N[C@H](c2ccccc2[N+](=O)[O-])N[C@H]1c1ccccc1[N+](=O)[O-]. The number of nitrogens with one attached hydrogen (secondary N) is 1. The normalized spacial score (nSPS) is 21.2. The molecule has 1 aliphatic heterocycles. The number of benzene rings is 2. The molecule has 10 heteroatoms. The molecule has 1 N–H and O–H groups in total. The minimum Gasteiger partial charge on any atom is -0.468 e. The van der Waals surface area contributed by atoms with E-state index in [9.17, 15) is 25.0 Å². The molecular weight excluding hydrogens is 380 g/mol. The molecule has 0 saturated carbocycles. The molecule has 0 amide bonds. The number of aliphatic imine (C=N–C) groups is 1. The molecule has 1 heterocycles. The number of para-hydroxylation sites is 2. The number of esters is 1. The zero-order valence-corrected chi connectivity index (χ0v) is 15.6. The van der Waals surface area contributed by atoms with Crippen LogP contribution < -0.4 is 5.32 Å². The summed E-state index contributed by atoms with van der Waals surface area (Å²) < 4.78 is 4.88. The fourth-order valence-electron chi connectivity index (χ4n) is 3.49. The number of carbonyl (C=O) groups is 1. The van der Waals surface area contributed by atoms with Crippen molar-refractivity contribution < 1.29 is 19.4 Å². The van der Waals surface area contributed by atoms with Crippen LogP contribution in [0.1, 0.15) is 30.3 Å². The minimum absolute atomic E-state index is 0.139. The predicted octanol–water partition coefficient (Wildman–Crippen LogP) is 3.10. The van der Waals surface area contributed by atoms with E-state index in [2.05, 4.69) is 10.3 Å². The predicted molar refractivity (Wildman–Crippen MR) is 103 cm³/mol. The van der Waals surface area contributed by atoms with Crippen molar-refractivity contribution in [2.24, 2.45) is 10.9 Å². The second kappa shape index (κ2) is 8.15. The lowest BCUT2D eigenvalue weighted by molar-refractivity contribution is -0.386. The molecule has 0 bridgehead atoms. The second-order valence-electron chi connectivity index (χ2n) is 6.45. The molecule has 150 valence electrons. The summed E-state index contributed by atoms with van der Waals surface area (Å²) in [6, 6.07) is 11.3. The third-order valence-electron chi connectivity index (χ3n) is 4.81. The van der Waals surface area contributed by atoms with Gasteiger partial charge in [-0.1, -0.05) is 30.3 Å². The second-order valence-corrected chi connectivity index (χ2v) is 6.45. The van der Waals surface area contributed by atoms with Crippen LogP contribution in [0.4, 0.5) is 11.4 Å². The molecule has 29 heavy (non-hydrogen) atoms. The number of methoxy groups -OCH3 is 1. The molecule has 2 aromatic carbocycles. The number of rotatable bonds is 5. The van der Waals surface area contributed by atoms with Gasteiger partial charge < -0.3 is 4.74 Å². The summed E-state index contributed by atoms with van der Waals surface area (Å²) in [6.45, 7) is 1.60. The van der Waals surface area contributed by atoms with Crippen LogP contribution in [0, 0.1) is 26.1 Å². The van der Waals surface area contributed by atoms with Gasteiger partial charge in [0.25, 0.3) is 11.4 Å². The summed E-state index contributed by atoms with van der Waals surface area (Å²) in [5, 5.41) is 26.0. The van der Waals surface area contributed by atoms with Crippen molar-refractivity contribution in [3.05, 3.63) is 79.9 Å². The van der Waals surface area contributed by atoms with Crippen molar-refractivity contribution in [3.8, 4) is 0 Å². The number of nitro groups is 2. The third-order valence-corrected chi connectivity index (χ3v) is 4.81. The fourth-order valence-corrected chi connectivity index (χ4v) is 3.49. The van der Waals surface area contributed by atoms with Gasteiger partial charge in [0.15, 0.2) is 0 Å². The number of nitrogens with zero attached hydrogens (tertiary/aromatic N) is 3. The van der Waals surface area contributed by atoms with Crippen molar-refractivity contribution in [2.75, 3.05) is 7.11 Å². The Balaban J connectivity index is 2.15. The van der Waals surface area contributed by atoms with Crippen LogP contribution in [-0.4, -0.2) is 28.6 Å². The first-order chi connectivity index (χ1) is 13.8. The topological polar surface area (TPSA) is 137 Å². The molecule has 2 aromatic rings. The Kier molecular flexibility index (Phi) is 5.64. The Labute approximate surface area is 165 Å². The van der Waals surface area contributed by atoms with Crippen LogP contribution >= 0.6 is 0 Å². The monoisotopic (exact) mass is 398 g/mol. The Morgan fingerprint density at radius 2 is 1.52 bits per heavy atom. The summed E-state index contributed by atoms with van der Waals surface area (Å²) in [7, 11) is 1.22. The highest BCUT2D eigenvalue weighted by Crippen LogP contribution is 2.38. The fraction of sp³-hybridized carbons (Fsp3) is 0.263. The summed E-state index contributed by atoms with van der Waals surface area (Å²) >= 11 is 0. The summed E-state index contributed by atoms with van der Waals surface area (Å²) in [5.74, 6) is -1.52. The molecule has 0 radical (unpaired) electrons. The van der Waals surface area contributed by atoms with Gasteiger partial charge in [0.1, 0.15) is 12.1 Å². The molecule has 0 aromatic heterocycles. The van der Waals surface area contributed by atoms with E-state index in [0.717, 1.165) is 0 Å². The van der Waals surface area contributed by atoms with Gasteiger partial charge in [-0.25, -0.2) is 0 Å². The molecule has 1 unspecified atom stereocenters. The minimum atomic E-state index is -0.917. The van der Waals surface area contributed by atoms with Gasteiger partial charge in [0.2, 0.25) is 0 Å². The van der Waals surface area contributed by atoms with E-state index in [0.29, 0.717) is 11.3 Å². The quantitative estimate of drug-likeness (QED) is 0.464. The van der Waals surface area contributed by atoms with Gasteiger partial charge >= 0.3 is 5.97 Å². The van der Waals surface area contributed by atoms with E-state index < -0.39 is 33.9 Å². The number of hydrogen-bond donors (Lipinski definition) is 1. The van der Waals surface area contributed by atoms with Crippen molar-refractivity contribution in [1.82, 2.24) is 5.32 Å². The molecule has 3 atom stereocenters. The largest absolute Gasteiger partial charge is 0.468 e. The van der Waals surface area contributed by atoms with Crippen LogP contribution in [0.5, 0.6) is 0 Å². The molecule has 0 spiro atoms. The van der Waals surface area contributed by atoms with Crippen LogP contribution in [0.2, 0.25) is 0 Å². The molecule has 10 nitrogen and oxygen atoms in total. The first-order valence-corrected chi connectivity index (χ1v) is 8.70. The molecule has 0 fully saturated rings. The van der Waals surface area contributed by atoms with Gasteiger partial charge in [-0.3, -0.25) is 35.3 Å². The molecular formula is C19H18N4O6. The van der Waals surface area contributed by atoms with Crippen LogP contribution in [0.25, 0.3) is 0 Å². The number of nitro benzene ring substituents is 2. The first-order valence-electron chi connectivity index (χ1n) is 8.70. The highest BCUT2D eigenvalue weighted by atomic mass is 16.6. The third kappa shape index (κ3) is 3.83. The Hall–Kier alpha value is -3.66. The van der Waals surface area contributed by atoms with Crippen molar-refractivity contribution >= 4 is 23.1 Å². The Morgan fingerprint density at radius 3 is 2.07 bits per heavy atom. The van der Waals surface area contributed by atoms with E-state index in [1.807, 2.05) is 0 Å². The average molecular weight is 398 g/mol. The van der Waals surface area contributed by atoms with Gasteiger partial charge in [0.05, 0.1) is 28.6 Å². The Morgan fingerprint density at radius 1 is 1.00 bits per heavy atom. The molecule has 3 rings (SSSR count). The molecule has 0 saturated heterocycles. The lowest BCUT2D eigenvalue weighted by Crippen LogP contribution is -2.43. The summed E-state index contributed by atoms with van der Waals surface area (Å²) in [6.07, 6.45) is -0.859. The highest BCUT2D eigenvalue weighted by Gasteiger charge is 2.41. The zero-order chi connectivity index (χ0) is 21.1. The average Bonchev–Trinajstić information content (AvgIpc) is 2.72. The maximum Gasteiger partial charge on any atom is 0.316 e. The summed E-state index contributed by atoms with van der Waals surface area (Å²) in [4.78, 5) is 38.8.